The van der Waals surface area contributed by atoms with Crippen molar-refractivity contribution >= 4 is 21.4 Å². The fourth-order valence-electron chi connectivity index (χ4n) is 3.52. The summed E-state index contributed by atoms with van der Waals surface area (Å²) in [5, 5.41) is 3.31. The zero-order valence-electron chi connectivity index (χ0n) is 11.5. The zero-order valence-corrected chi connectivity index (χ0v) is 13.1. The van der Waals surface area contributed by atoms with Crippen molar-refractivity contribution in [1.29, 1.82) is 0 Å². The molecular weight excluding hydrogens is 280 g/mol. The minimum Gasteiger partial charge on any atom is -0.315 e. The van der Waals surface area contributed by atoms with Crippen LogP contribution in [-0.4, -0.2) is 37.9 Å². The molecule has 6 heteroatoms. The Bertz CT molecular complexity index is 594. The molecule has 1 aromatic rings. The molecule has 0 spiro atoms. The smallest absolute Gasteiger partial charge is 0.244 e. The van der Waals surface area contributed by atoms with E-state index in [0.717, 1.165) is 29.3 Å². The molecule has 2 aliphatic heterocycles. The Balaban J connectivity index is 2.02. The Labute approximate surface area is 118 Å². The third kappa shape index (κ3) is 2.05. The highest BCUT2D eigenvalue weighted by atomic mass is 32.2. The van der Waals surface area contributed by atoms with E-state index in [2.05, 4.69) is 5.32 Å². The van der Waals surface area contributed by atoms with E-state index in [1.807, 2.05) is 26.8 Å². The summed E-state index contributed by atoms with van der Waals surface area (Å²) in [6.45, 7) is 7.63. The van der Waals surface area contributed by atoms with Gasteiger partial charge in [0, 0.05) is 28.4 Å². The second kappa shape index (κ2) is 4.55. The summed E-state index contributed by atoms with van der Waals surface area (Å²) in [5.74, 6) is 0.477. The number of nitrogens with one attached hydrogen (secondary N) is 1. The molecule has 1 N–H and O–H groups in total. The summed E-state index contributed by atoms with van der Waals surface area (Å²) in [7, 11) is -3.35. The van der Waals surface area contributed by atoms with Gasteiger partial charge in [-0.05, 0) is 45.7 Å². The predicted octanol–water partition coefficient (Wildman–Crippen LogP) is 1.74. The Hall–Kier alpha value is -0.430. The number of fused-ring (bicyclic) bond motifs is 1. The number of nitrogens with zero attached hydrogens (tertiary/aromatic N) is 1. The van der Waals surface area contributed by atoms with Gasteiger partial charge in [-0.1, -0.05) is 0 Å². The molecule has 0 aliphatic carbocycles. The first-order valence-electron chi connectivity index (χ1n) is 6.72. The second-order valence-corrected chi connectivity index (χ2v) is 8.95. The lowest BCUT2D eigenvalue weighted by Gasteiger charge is -2.26. The summed E-state index contributed by atoms with van der Waals surface area (Å²) in [6, 6.07) is 2.07. The van der Waals surface area contributed by atoms with Crippen molar-refractivity contribution in [2.24, 2.45) is 5.92 Å². The average Bonchev–Trinajstić information content (AvgIpc) is 2.92. The summed E-state index contributed by atoms with van der Waals surface area (Å²) in [4.78, 5) is 2.47. The SMILES string of the molecule is Cc1cc(S(=O)(=O)N2C(C)CC3CNCC32)c(C)s1. The van der Waals surface area contributed by atoms with Gasteiger partial charge in [0.15, 0.2) is 0 Å². The van der Waals surface area contributed by atoms with Gasteiger partial charge in [-0.2, -0.15) is 4.31 Å². The van der Waals surface area contributed by atoms with Gasteiger partial charge in [-0.25, -0.2) is 8.42 Å². The molecule has 3 rings (SSSR count). The second-order valence-electron chi connectivity index (χ2n) is 5.68. The lowest BCUT2D eigenvalue weighted by Crippen LogP contribution is -2.42. The fourth-order valence-corrected chi connectivity index (χ4v) is 6.93. The quantitative estimate of drug-likeness (QED) is 0.905. The van der Waals surface area contributed by atoms with E-state index in [9.17, 15) is 8.42 Å². The molecule has 3 heterocycles. The first-order valence-corrected chi connectivity index (χ1v) is 8.98. The highest BCUT2D eigenvalue weighted by Crippen LogP contribution is 2.38. The lowest BCUT2D eigenvalue weighted by molar-refractivity contribution is 0.335. The molecule has 0 amide bonds. The average molecular weight is 300 g/mol. The maximum atomic E-state index is 12.9. The van der Waals surface area contributed by atoms with Crippen LogP contribution in [0.2, 0.25) is 0 Å². The number of rotatable bonds is 2. The maximum Gasteiger partial charge on any atom is 0.244 e. The highest BCUT2D eigenvalue weighted by Gasteiger charge is 2.48. The van der Waals surface area contributed by atoms with Crippen LogP contribution in [0.5, 0.6) is 0 Å². The van der Waals surface area contributed by atoms with Crippen LogP contribution in [0.1, 0.15) is 23.1 Å². The maximum absolute atomic E-state index is 12.9. The molecule has 4 nitrogen and oxygen atoms in total. The molecule has 19 heavy (non-hydrogen) atoms. The van der Waals surface area contributed by atoms with Crippen LogP contribution in [-0.2, 0) is 10.0 Å². The third-order valence-electron chi connectivity index (χ3n) is 4.26. The summed E-state index contributed by atoms with van der Waals surface area (Å²) < 4.78 is 27.6. The first-order chi connectivity index (χ1) is 8.91. The van der Waals surface area contributed by atoms with Crippen molar-refractivity contribution in [2.45, 2.75) is 44.2 Å². The molecule has 0 saturated carbocycles. The van der Waals surface area contributed by atoms with Crippen molar-refractivity contribution in [2.75, 3.05) is 13.1 Å². The van der Waals surface area contributed by atoms with Gasteiger partial charge in [-0.3, -0.25) is 0 Å². The van der Waals surface area contributed by atoms with Gasteiger partial charge in [-0.15, -0.1) is 11.3 Å². The van der Waals surface area contributed by atoms with E-state index in [0.29, 0.717) is 10.8 Å². The van der Waals surface area contributed by atoms with E-state index < -0.39 is 10.0 Å². The predicted molar refractivity (Wildman–Crippen MR) is 77.0 cm³/mol. The van der Waals surface area contributed by atoms with Gasteiger partial charge >= 0.3 is 0 Å². The lowest BCUT2D eigenvalue weighted by atomic mass is 10.0. The molecule has 1 aromatic heterocycles. The minimum absolute atomic E-state index is 0.113. The highest BCUT2D eigenvalue weighted by molar-refractivity contribution is 7.89. The van der Waals surface area contributed by atoms with Gasteiger partial charge in [0.05, 0.1) is 4.90 Å². The first kappa shape index (κ1) is 13.5. The molecule has 2 saturated heterocycles. The van der Waals surface area contributed by atoms with Crippen molar-refractivity contribution in [3.05, 3.63) is 15.8 Å². The van der Waals surface area contributed by atoms with E-state index >= 15 is 0 Å². The van der Waals surface area contributed by atoms with Crippen LogP contribution >= 0.6 is 11.3 Å². The Morgan fingerprint density at radius 1 is 1.37 bits per heavy atom. The van der Waals surface area contributed by atoms with Gasteiger partial charge in [0.2, 0.25) is 10.0 Å². The van der Waals surface area contributed by atoms with Crippen LogP contribution in [0.25, 0.3) is 0 Å². The van der Waals surface area contributed by atoms with Crippen LogP contribution in [0.4, 0.5) is 0 Å². The van der Waals surface area contributed by atoms with Crippen molar-refractivity contribution in [3.8, 4) is 0 Å². The van der Waals surface area contributed by atoms with Crippen LogP contribution < -0.4 is 5.32 Å². The molecule has 0 bridgehead atoms. The van der Waals surface area contributed by atoms with E-state index in [-0.39, 0.29) is 12.1 Å². The number of sulfonamides is 1. The standard InChI is InChI=1S/C13H20N2O2S2/c1-8-4-11-6-14-7-12(11)15(8)19(16,17)13-5-9(2)18-10(13)3/h5,8,11-12,14H,4,6-7H2,1-3H3. The van der Waals surface area contributed by atoms with Crippen LogP contribution in [0.3, 0.4) is 0 Å². The van der Waals surface area contributed by atoms with Gasteiger partial charge in [0.1, 0.15) is 0 Å². The molecular formula is C13H20N2O2S2. The van der Waals surface area contributed by atoms with E-state index in [4.69, 9.17) is 0 Å². The largest absolute Gasteiger partial charge is 0.315 e. The van der Waals surface area contributed by atoms with Crippen LogP contribution in [0, 0.1) is 19.8 Å². The number of thiophene rings is 1. The normalized spacial score (nSPS) is 31.8. The Morgan fingerprint density at radius 3 is 2.74 bits per heavy atom. The molecule has 3 atom stereocenters. The van der Waals surface area contributed by atoms with Crippen molar-refractivity contribution in [1.82, 2.24) is 9.62 Å². The summed E-state index contributed by atoms with van der Waals surface area (Å²) in [5.41, 5.74) is 0. The minimum atomic E-state index is -3.35. The summed E-state index contributed by atoms with van der Waals surface area (Å²) in [6.07, 6.45) is 0.971. The van der Waals surface area contributed by atoms with Crippen LogP contribution in [0.15, 0.2) is 11.0 Å². The third-order valence-corrected chi connectivity index (χ3v) is 7.52. The summed E-state index contributed by atoms with van der Waals surface area (Å²) >= 11 is 1.56. The Kier molecular flexibility index (Phi) is 3.24. The molecule has 2 aliphatic rings. The van der Waals surface area contributed by atoms with E-state index in [1.165, 1.54) is 0 Å². The number of hydrogen-bond acceptors (Lipinski definition) is 4. The number of hydrogen-bond donors (Lipinski definition) is 1. The molecule has 2 fully saturated rings. The fraction of sp³-hybridized carbons (Fsp3) is 0.692. The van der Waals surface area contributed by atoms with E-state index in [1.54, 1.807) is 15.6 Å². The molecule has 0 radical (unpaired) electrons. The molecule has 3 unspecified atom stereocenters. The van der Waals surface area contributed by atoms with Crippen molar-refractivity contribution in [3.63, 3.8) is 0 Å². The Morgan fingerprint density at radius 2 is 2.11 bits per heavy atom. The van der Waals surface area contributed by atoms with Gasteiger partial charge < -0.3 is 5.32 Å². The van der Waals surface area contributed by atoms with Gasteiger partial charge in [0.25, 0.3) is 0 Å². The number of aryl methyl sites for hydroxylation is 2. The molecule has 106 valence electrons. The topological polar surface area (TPSA) is 49.4 Å². The monoisotopic (exact) mass is 300 g/mol. The van der Waals surface area contributed by atoms with Crippen molar-refractivity contribution < 1.29 is 8.42 Å². The molecule has 0 aromatic carbocycles. The zero-order chi connectivity index (χ0) is 13.8.